The van der Waals surface area contributed by atoms with Crippen LogP contribution in [-0.4, -0.2) is 37.7 Å². The number of amides is 2. The molecule has 2 aliphatic rings. The van der Waals surface area contributed by atoms with Gasteiger partial charge in [0.25, 0.3) is 5.91 Å². The molecule has 146 valence electrons. The molecule has 6 heteroatoms. The van der Waals surface area contributed by atoms with Crippen molar-refractivity contribution in [3.63, 3.8) is 0 Å². The van der Waals surface area contributed by atoms with Gasteiger partial charge < -0.3 is 19.7 Å². The molecule has 2 aromatic rings. The lowest BCUT2D eigenvalue weighted by Gasteiger charge is -2.16. The molecule has 2 heterocycles. The third kappa shape index (κ3) is 4.34. The van der Waals surface area contributed by atoms with Crippen LogP contribution in [0.5, 0.6) is 5.75 Å². The van der Waals surface area contributed by atoms with Crippen molar-refractivity contribution in [2.24, 2.45) is 0 Å². The number of ether oxygens (including phenoxy) is 2. The van der Waals surface area contributed by atoms with Crippen LogP contribution < -0.4 is 15.0 Å². The summed E-state index contributed by atoms with van der Waals surface area (Å²) >= 11 is 0. The molecule has 2 saturated heterocycles. The van der Waals surface area contributed by atoms with Gasteiger partial charge in [0.05, 0.1) is 6.10 Å². The molecule has 4 rings (SSSR count). The smallest absolute Gasteiger partial charge is 0.255 e. The molecule has 0 spiro atoms. The Hall–Kier alpha value is -2.86. The van der Waals surface area contributed by atoms with Crippen LogP contribution in [0.25, 0.3) is 0 Å². The standard InChI is InChI=1S/C22H24N2O4/c25-21-4-1-13-24(21)18-9-7-17(8-10-18)23-22(26)16-5-11-19(12-6-16)28-15-20-3-2-14-27-20/h5-12,20H,1-4,13-15H2,(H,23,26). The molecule has 28 heavy (non-hydrogen) atoms. The average molecular weight is 380 g/mol. The summed E-state index contributed by atoms with van der Waals surface area (Å²) in [4.78, 5) is 26.0. The molecule has 0 saturated carbocycles. The second-order valence-corrected chi connectivity index (χ2v) is 7.12. The number of benzene rings is 2. The van der Waals surface area contributed by atoms with Crippen LogP contribution in [-0.2, 0) is 9.53 Å². The number of nitrogens with zero attached hydrogens (tertiary/aromatic N) is 1. The van der Waals surface area contributed by atoms with Crippen molar-refractivity contribution in [2.45, 2.75) is 31.8 Å². The second-order valence-electron chi connectivity index (χ2n) is 7.12. The van der Waals surface area contributed by atoms with Crippen molar-refractivity contribution in [3.8, 4) is 5.75 Å². The highest BCUT2D eigenvalue weighted by Crippen LogP contribution is 2.23. The van der Waals surface area contributed by atoms with Gasteiger partial charge in [0.15, 0.2) is 0 Å². The van der Waals surface area contributed by atoms with E-state index in [2.05, 4.69) is 5.32 Å². The van der Waals surface area contributed by atoms with Gasteiger partial charge in [-0.05, 0) is 67.8 Å². The first-order valence-electron chi connectivity index (χ1n) is 9.75. The number of carbonyl (C=O) groups excluding carboxylic acids is 2. The van der Waals surface area contributed by atoms with Crippen LogP contribution in [0.15, 0.2) is 48.5 Å². The van der Waals surface area contributed by atoms with Crippen LogP contribution in [0.3, 0.4) is 0 Å². The van der Waals surface area contributed by atoms with E-state index in [9.17, 15) is 9.59 Å². The van der Waals surface area contributed by atoms with E-state index in [-0.39, 0.29) is 17.9 Å². The molecule has 1 unspecified atom stereocenters. The minimum atomic E-state index is -0.185. The first-order valence-corrected chi connectivity index (χ1v) is 9.75. The lowest BCUT2D eigenvalue weighted by molar-refractivity contribution is -0.117. The number of rotatable bonds is 6. The zero-order chi connectivity index (χ0) is 19.3. The van der Waals surface area contributed by atoms with Gasteiger partial charge in [-0.3, -0.25) is 9.59 Å². The fourth-order valence-electron chi connectivity index (χ4n) is 3.52. The average Bonchev–Trinajstić information content (AvgIpc) is 3.39. The van der Waals surface area contributed by atoms with E-state index >= 15 is 0 Å². The van der Waals surface area contributed by atoms with Crippen LogP contribution in [0, 0.1) is 0 Å². The van der Waals surface area contributed by atoms with E-state index in [0.717, 1.165) is 43.9 Å². The highest BCUT2D eigenvalue weighted by Gasteiger charge is 2.21. The molecule has 0 radical (unpaired) electrons. The molecule has 1 N–H and O–H groups in total. The molecule has 2 aromatic carbocycles. The predicted molar refractivity (Wildman–Crippen MR) is 107 cm³/mol. The van der Waals surface area contributed by atoms with E-state index < -0.39 is 0 Å². The number of nitrogens with one attached hydrogen (secondary N) is 1. The van der Waals surface area contributed by atoms with E-state index in [1.807, 2.05) is 24.3 Å². The maximum absolute atomic E-state index is 12.4. The Balaban J connectivity index is 1.32. The summed E-state index contributed by atoms with van der Waals surface area (Å²) in [5, 5.41) is 2.88. The van der Waals surface area contributed by atoms with Crippen molar-refractivity contribution in [1.82, 2.24) is 0 Å². The Labute approximate surface area is 164 Å². The zero-order valence-electron chi connectivity index (χ0n) is 15.7. The Kier molecular flexibility index (Phi) is 5.58. The Bertz CT molecular complexity index is 827. The number of anilines is 2. The van der Waals surface area contributed by atoms with Gasteiger partial charge in [-0.1, -0.05) is 0 Å². The van der Waals surface area contributed by atoms with E-state index in [1.165, 1.54) is 0 Å². The van der Waals surface area contributed by atoms with Crippen molar-refractivity contribution in [1.29, 1.82) is 0 Å². The maximum Gasteiger partial charge on any atom is 0.255 e. The molecule has 0 aliphatic carbocycles. The lowest BCUT2D eigenvalue weighted by atomic mass is 10.2. The summed E-state index contributed by atoms with van der Waals surface area (Å²) in [5.74, 6) is 0.695. The molecule has 0 aromatic heterocycles. The minimum Gasteiger partial charge on any atom is -0.491 e. The van der Waals surface area contributed by atoms with Crippen LogP contribution in [0.1, 0.15) is 36.0 Å². The summed E-state index contributed by atoms with van der Waals surface area (Å²) in [6, 6.07) is 14.4. The monoisotopic (exact) mass is 380 g/mol. The van der Waals surface area contributed by atoms with Gasteiger partial charge >= 0.3 is 0 Å². The van der Waals surface area contributed by atoms with Crippen LogP contribution in [0.2, 0.25) is 0 Å². The van der Waals surface area contributed by atoms with Crippen molar-refractivity contribution < 1.29 is 19.1 Å². The third-order valence-electron chi connectivity index (χ3n) is 5.09. The Morgan fingerprint density at radius 3 is 2.54 bits per heavy atom. The summed E-state index contributed by atoms with van der Waals surface area (Å²) in [7, 11) is 0. The number of carbonyl (C=O) groups is 2. The van der Waals surface area contributed by atoms with Crippen molar-refractivity contribution in [3.05, 3.63) is 54.1 Å². The fourth-order valence-corrected chi connectivity index (χ4v) is 3.52. The van der Waals surface area contributed by atoms with E-state index in [1.54, 1.807) is 29.2 Å². The molecule has 0 bridgehead atoms. The summed E-state index contributed by atoms with van der Waals surface area (Å²) < 4.78 is 11.3. The molecule has 6 nitrogen and oxygen atoms in total. The Morgan fingerprint density at radius 1 is 1.11 bits per heavy atom. The topological polar surface area (TPSA) is 67.9 Å². The SMILES string of the molecule is O=C(Nc1ccc(N2CCCC2=O)cc1)c1ccc(OCC2CCCO2)cc1. The molecule has 1 atom stereocenters. The van der Waals surface area contributed by atoms with E-state index in [4.69, 9.17) is 9.47 Å². The van der Waals surface area contributed by atoms with Gasteiger partial charge in [-0.2, -0.15) is 0 Å². The molecular formula is C22H24N2O4. The van der Waals surface area contributed by atoms with E-state index in [0.29, 0.717) is 24.3 Å². The van der Waals surface area contributed by atoms with Crippen LogP contribution in [0.4, 0.5) is 11.4 Å². The maximum atomic E-state index is 12.4. The highest BCUT2D eigenvalue weighted by atomic mass is 16.5. The molecule has 2 fully saturated rings. The largest absolute Gasteiger partial charge is 0.491 e. The molecule has 2 amide bonds. The Morgan fingerprint density at radius 2 is 1.89 bits per heavy atom. The normalized spacial score (nSPS) is 19.1. The fraction of sp³-hybridized carbons (Fsp3) is 0.364. The van der Waals surface area contributed by atoms with Gasteiger partial charge in [-0.25, -0.2) is 0 Å². The molecular weight excluding hydrogens is 356 g/mol. The quantitative estimate of drug-likeness (QED) is 0.831. The summed E-state index contributed by atoms with van der Waals surface area (Å²) in [6.45, 7) is 2.10. The number of hydrogen-bond donors (Lipinski definition) is 1. The number of hydrogen-bond acceptors (Lipinski definition) is 4. The predicted octanol–water partition coefficient (Wildman–Crippen LogP) is 3.62. The zero-order valence-corrected chi connectivity index (χ0v) is 15.7. The van der Waals surface area contributed by atoms with Gasteiger partial charge in [-0.15, -0.1) is 0 Å². The van der Waals surface area contributed by atoms with Gasteiger partial charge in [0, 0.05) is 36.5 Å². The van der Waals surface area contributed by atoms with Crippen LogP contribution >= 0.6 is 0 Å². The molecule has 2 aliphatic heterocycles. The van der Waals surface area contributed by atoms with Gasteiger partial charge in [0.2, 0.25) is 5.91 Å². The summed E-state index contributed by atoms with van der Waals surface area (Å²) in [5.41, 5.74) is 2.12. The van der Waals surface area contributed by atoms with Gasteiger partial charge in [0.1, 0.15) is 12.4 Å². The first-order chi connectivity index (χ1) is 13.7. The highest BCUT2D eigenvalue weighted by molar-refractivity contribution is 6.04. The second kappa shape index (κ2) is 8.44. The minimum absolute atomic E-state index is 0.151. The lowest BCUT2D eigenvalue weighted by Crippen LogP contribution is -2.23. The first kappa shape index (κ1) is 18.5. The van der Waals surface area contributed by atoms with Crippen molar-refractivity contribution in [2.75, 3.05) is 30.0 Å². The summed E-state index contributed by atoms with van der Waals surface area (Å²) in [6.07, 6.45) is 3.78. The third-order valence-corrected chi connectivity index (χ3v) is 5.09. The van der Waals surface area contributed by atoms with Crippen molar-refractivity contribution >= 4 is 23.2 Å².